The first kappa shape index (κ1) is 18.4. The molecule has 0 unspecified atom stereocenters. The summed E-state index contributed by atoms with van der Waals surface area (Å²) in [4.78, 5) is 24.4. The molecule has 0 amide bonds. The highest BCUT2D eigenvalue weighted by molar-refractivity contribution is 6.30. The molecular formula is C18H17ClN6O2. The third kappa shape index (κ3) is 4.62. The van der Waals surface area contributed by atoms with Gasteiger partial charge in [0.15, 0.2) is 12.4 Å². The van der Waals surface area contributed by atoms with Crippen LogP contribution in [-0.2, 0) is 11.3 Å². The summed E-state index contributed by atoms with van der Waals surface area (Å²) in [6, 6.07) is 12.1. The summed E-state index contributed by atoms with van der Waals surface area (Å²) in [6.07, 6.45) is 0. The number of nitrogens with one attached hydrogen (secondary N) is 1. The van der Waals surface area contributed by atoms with Crippen LogP contribution < -0.4 is 16.8 Å². The lowest BCUT2D eigenvalue weighted by atomic mass is 10.1. The molecule has 3 rings (SSSR count). The molecule has 0 spiro atoms. The summed E-state index contributed by atoms with van der Waals surface area (Å²) in [7, 11) is 0. The summed E-state index contributed by atoms with van der Waals surface area (Å²) < 4.78 is 5.25. The molecule has 0 saturated carbocycles. The van der Waals surface area contributed by atoms with Crippen molar-refractivity contribution >= 4 is 40.8 Å². The summed E-state index contributed by atoms with van der Waals surface area (Å²) in [5.74, 6) is -0.130. The molecule has 0 bridgehead atoms. The van der Waals surface area contributed by atoms with Crippen LogP contribution >= 0.6 is 11.6 Å². The van der Waals surface area contributed by atoms with E-state index in [1.807, 2.05) is 13.0 Å². The Morgan fingerprint density at radius 1 is 1.11 bits per heavy atom. The van der Waals surface area contributed by atoms with Gasteiger partial charge in [-0.05, 0) is 42.8 Å². The van der Waals surface area contributed by atoms with Crippen LogP contribution in [-0.4, -0.2) is 20.9 Å². The van der Waals surface area contributed by atoms with Crippen LogP contribution in [0.1, 0.15) is 21.7 Å². The van der Waals surface area contributed by atoms with Gasteiger partial charge in [-0.1, -0.05) is 23.7 Å². The molecule has 5 N–H and O–H groups in total. The van der Waals surface area contributed by atoms with Crippen molar-refractivity contribution in [1.82, 2.24) is 15.0 Å². The molecule has 2 aromatic carbocycles. The van der Waals surface area contributed by atoms with E-state index < -0.39 is 5.97 Å². The van der Waals surface area contributed by atoms with Crippen molar-refractivity contribution < 1.29 is 9.53 Å². The number of hydrogen-bond donors (Lipinski definition) is 3. The van der Waals surface area contributed by atoms with E-state index in [1.165, 1.54) is 0 Å². The van der Waals surface area contributed by atoms with Crippen molar-refractivity contribution in [2.24, 2.45) is 0 Å². The SMILES string of the molecule is Cc1cccc(C(=O)OCc2nc(N)nc(Nc3ccc(Cl)cc3)n2)c1N. The third-order valence-electron chi connectivity index (χ3n) is 3.68. The smallest absolute Gasteiger partial charge is 0.340 e. The van der Waals surface area contributed by atoms with Gasteiger partial charge in [-0.2, -0.15) is 15.0 Å². The van der Waals surface area contributed by atoms with Gasteiger partial charge in [-0.3, -0.25) is 0 Å². The molecule has 138 valence electrons. The number of rotatable bonds is 5. The number of halogens is 1. The van der Waals surface area contributed by atoms with E-state index in [0.717, 1.165) is 11.3 Å². The normalized spacial score (nSPS) is 10.4. The number of carbonyl (C=O) groups excluding carboxylic acids is 1. The minimum Gasteiger partial charge on any atom is -0.454 e. The van der Waals surface area contributed by atoms with Gasteiger partial charge in [0.1, 0.15) is 0 Å². The predicted molar refractivity (Wildman–Crippen MR) is 104 cm³/mol. The van der Waals surface area contributed by atoms with Crippen LogP contribution in [0.25, 0.3) is 0 Å². The fourth-order valence-corrected chi connectivity index (χ4v) is 2.41. The monoisotopic (exact) mass is 384 g/mol. The van der Waals surface area contributed by atoms with Crippen LogP contribution in [0.4, 0.5) is 23.3 Å². The highest BCUT2D eigenvalue weighted by Crippen LogP contribution is 2.19. The number of nitrogens with zero attached hydrogens (tertiary/aromatic N) is 3. The van der Waals surface area contributed by atoms with E-state index in [4.69, 9.17) is 27.8 Å². The molecule has 27 heavy (non-hydrogen) atoms. The first-order valence-corrected chi connectivity index (χ1v) is 8.35. The Hall–Kier alpha value is -3.39. The molecular weight excluding hydrogens is 368 g/mol. The minimum absolute atomic E-state index is 0.00239. The number of esters is 1. The maximum atomic E-state index is 12.3. The fourth-order valence-electron chi connectivity index (χ4n) is 2.29. The zero-order chi connectivity index (χ0) is 19.4. The number of aryl methyl sites for hydroxylation is 1. The highest BCUT2D eigenvalue weighted by atomic mass is 35.5. The second kappa shape index (κ2) is 7.88. The number of nitrogen functional groups attached to an aromatic ring is 2. The fraction of sp³-hybridized carbons (Fsp3) is 0.111. The molecule has 0 aliphatic heterocycles. The van der Waals surface area contributed by atoms with Gasteiger partial charge in [0.25, 0.3) is 0 Å². The largest absolute Gasteiger partial charge is 0.454 e. The first-order valence-electron chi connectivity index (χ1n) is 7.97. The molecule has 0 fully saturated rings. The topological polar surface area (TPSA) is 129 Å². The average Bonchev–Trinajstić information content (AvgIpc) is 2.63. The Labute approximate surface area is 160 Å². The van der Waals surface area contributed by atoms with Gasteiger partial charge >= 0.3 is 5.97 Å². The molecule has 9 heteroatoms. The van der Waals surface area contributed by atoms with E-state index in [0.29, 0.717) is 10.7 Å². The van der Waals surface area contributed by atoms with E-state index in [2.05, 4.69) is 20.3 Å². The van der Waals surface area contributed by atoms with Crippen molar-refractivity contribution in [2.45, 2.75) is 13.5 Å². The summed E-state index contributed by atoms with van der Waals surface area (Å²) >= 11 is 5.86. The Kier molecular flexibility index (Phi) is 5.37. The van der Waals surface area contributed by atoms with Crippen molar-refractivity contribution in [3.8, 4) is 0 Å². The number of para-hydroxylation sites is 1. The molecule has 0 radical (unpaired) electrons. The zero-order valence-electron chi connectivity index (χ0n) is 14.4. The van der Waals surface area contributed by atoms with Gasteiger partial charge in [0.2, 0.25) is 11.9 Å². The number of nitrogens with two attached hydrogens (primary N) is 2. The van der Waals surface area contributed by atoms with Crippen molar-refractivity contribution in [3.63, 3.8) is 0 Å². The average molecular weight is 385 g/mol. The molecule has 1 aromatic heterocycles. The van der Waals surface area contributed by atoms with E-state index in [-0.39, 0.29) is 29.9 Å². The van der Waals surface area contributed by atoms with Gasteiger partial charge in [0.05, 0.1) is 5.56 Å². The lowest BCUT2D eigenvalue weighted by Crippen LogP contribution is -2.12. The number of ether oxygens (including phenoxy) is 1. The van der Waals surface area contributed by atoms with Crippen LogP contribution in [0.3, 0.4) is 0 Å². The molecule has 1 heterocycles. The van der Waals surface area contributed by atoms with Gasteiger partial charge in [-0.15, -0.1) is 0 Å². The van der Waals surface area contributed by atoms with Crippen LogP contribution in [0.15, 0.2) is 42.5 Å². The van der Waals surface area contributed by atoms with Crippen molar-refractivity contribution in [1.29, 1.82) is 0 Å². The standard InChI is InChI=1S/C18H17ClN6O2/c1-10-3-2-4-13(15(10)20)16(26)27-9-14-23-17(21)25-18(24-14)22-12-7-5-11(19)6-8-12/h2-8H,9,20H2,1H3,(H3,21,22,23,24,25). The van der Waals surface area contributed by atoms with Gasteiger partial charge < -0.3 is 21.5 Å². The number of anilines is 4. The number of aromatic nitrogens is 3. The maximum Gasteiger partial charge on any atom is 0.340 e. The number of carbonyl (C=O) groups is 1. The number of benzene rings is 2. The Morgan fingerprint density at radius 2 is 1.85 bits per heavy atom. The van der Waals surface area contributed by atoms with E-state index >= 15 is 0 Å². The highest BCUT2D eigenvalue weighted by Gasteiger charge is 2.14. The third-order valence-corrected chi connectivity index (χ3v) is 3.93. The van der Waals surface area contributed by atoms with Crippen LogP contribution in [0.5, 0.6) is 0 Å². The first-order chi connectivity index (χ1) is 12.9. The zero-order valence-corrected chi connectivity index (χ0v) is 15.2. The quantitative estimate of drug-likeness (QED) is 0.452. The van der Waals surface area contributed by atoms with Gasteiger partial charge in [0, 0.05) is 16.4 Å². The summed E-state index contributed by atoms with van der Waals surface area (Å²) in [5, 5.41) is 3.60. The molecule has 0 atom stereocenters. The van der Waals surface area contributed by atoms with Gasteiger partial charge in [-0.25, -0.2) is 4.79 Å². The Bertz CT molecular complexity index is 978. The molecule has 8 nitrogen and oxygen atoms in total. The second-order valence-electron chi connectivity index (χ2n) is 5.68. The van der Waals surface area contributed by atoms with Crippen molar-refractivity contribution in [3.05, 3.63) is 64.4 Å². The van der Waals surface area contributed by atoms with E-state index in [9.17, 15) is 4.79 Å². The van der Waals surface area contributed by atoms with Crippen LogP contribution in [0.2, 0.25) is 5.02 Å². The lowest BCUT2D eigenvalue weighted by molar-refractivity contribution is 0.0463. The Balaban J connectivity index is 1.71. The molecule has 0 aliphatic carbocycles. The lowest BCUT2D eigenvalue weighted by Gasteiger charge is -2.10. The summed E-state index contributed by atoms with van der Waals surface area (Å²) in [5.41, 5.74) is 13.8. The second-order valence-corrected chi connectivity index (χ2v) is 6.11. The molecule has 3 aromatic rings. The van der Waals surface area contributed by atoms with Crippen LogP contribution in [0, 0.1) is 6.92 Å². The number of hydrogen-bond acceptors (Lipinski definition) is 8. The Morgan fingerprint density at radius 3 is 2.59 bits per heavy atom. The minimum atomic E-state index is -0.567. The molecule has 0 aliphatic rings. The van der Waals surface area contributed by atoms with E-state index in [1.54, 1.807) is 36.4 Å². The summed E-state index contributed by atoms with van der Waals surface area (Å²) in [6.45, 7) is 1.64. The molecule has 0 saturated heterocycles. The predicted octanol–water partition coefficient (Wildman–Crippen LogP) is 3.10. The van der Waals surface area contributed by atoms with Crippen molar-refractivity contribution in [2.75, 3.05) is 16.8 Å². The maximum absolute atomic E-state index is 12.3.